The molecule has 11 nitrogen and oxygen atoms in total. The molecule has 13 heteroatoms. The standard InChI is InChI=1S/C19H22N2O9S2/c1-21(2)32(27,28)13-6-7-15(22)14(11-13)20-31(25,26)17-10-12(5-8-18(23)24)9-16(29-3)19(17)30-4/h5-11,20,22H,1-4H3,(H,23,24)/b8-5+. The van der Waals surface area contributed by atoms with Crippen LogP contribution < -0.4 is 14.2 Å². The van der Waals surface area contributed by atoms with Gasteiger partial charge in [-0.05, 0) is 42.0 Å². The largest absolute Gasteiger partial charge is 0.506 e. The number of aromatic hydroxyl groups is 1. The average molecular weight is 487 g/mol. The number of carboxylic acids is 1. The fourth-order valence-electron chi connectivity index (χ4n) is 2.58. The van der Waals surface area contributed by atoms with Gasteiger partial charge in [0.25, 0.3) is 10.0 Å². The van der Waals surface area contributed by atoms with Crippen molar-refractivity contribution in [2.24, 2.45) is 0 Å². The van der Waals surface area contributed by atoms with Gasteiger partial charge in [-0.1, -0.05) is 0 Å². The summed E-state index contributed by atoms with van der Waals surface area (Å²) in [7, 11) is -3.27. The number of phenolic OH excluding ortho intramolecular Hbond substituents is 1. The summed E-state index contributed by atoms with van der Waals surface area (Å²) >= 11 is 0. The van der Waals surface area contributed by atoms with E-state index in [4.69, 9.17) is 14.6 Å². The average Bonchev–Trinajstić information content (AvgIpc) is 2.72. The number of rotatable bonds is 9. The van der Waals surface area contributed by atoms with Crippen LogP contribution in [-0.2, 0) is 24.8 Å². The Morgan fingerprint density at radius 2 is 1.72 bits per heavy atom. The second-order valence-electron chi connectivity index (χ2n) is 6.50. The van der Waals surface area contributed by atoms with Crippen LogP contribution >= 0.6 is 0 Å². The molecule has 0 fully saturated rings. The van der Waals surface area contributed by atoms with Gasteiger partial charge >= 0.3 is 5.97 Å². The van der Waals surface area contributed by atoms with Crippen molar-refractivity contribution in [3.63, 3.8) is 0 Å². The molecule has 3 N–H and O–H groups in total. The minimum atomic E-state index is -4.46. The number of carboxylic acid groups (broad SMARTS) is 1. The van der Waals surface area contributed by atoms with E-state index in [2.05, 4.69) is 4.72 Å². The summed E-state index contributed by atoms with van der Waals surface area (Å²) in [5.74, 6) is -1.93. The zero-order valence-electron chi connectivity index (χ0n) is 17.6. The number of aliphatic carboxylic acids is 1. The number of methoxy groups -OCH3 is 2. The van der Waals surface area contributed by atoms with Gasteiger partial charge in [-0.25, -0.2) is 25.9 Å². The Kier molecular flexibility index (Phi) is 7.38. The number of sulfonamides is 2. The zero-order chi connectivity index (χ0) is 24.3. The number of benzene rings is 2. The number of nitrogens with zero attached hydrogens (tertiary/aromatic N) is 1. The lowest BCUT2D eigenvalue weighted by molar-refractivity contribution is -0.131. The molecule has 0 heterocycles. The highest BCUT2D eigenvalue weighted by Gasteiger charge is 2.26. The summed E-state index contributed by atoms with van der Waals surface area (Å²) < 4.78 is 64.4. The molecule has 0 aliphatic heterocycles. The first-order chi connectivity index (χ1) is 14.8. The van der Waals surface area contributed by atoms with Crippen LogP contribution in [0.25, 0.3) is 6.08 Å². The van der Waals surface area contributed by atoms with Crippen molar-refractivity contribution < 1.29 is 41.3 Å². The van der Waals surface area contributed by atoms with Crippen LogP contribution in [0.1, 0.15) is 5.56 Å². The second kappa shape index (κ2) is 9.46. The van der Waals surface area contributed by atoms with Crippen molar-refractivity contribution >= 4 is 37.8 Å². The molecule has 0 spiro atoms. The van der Waals surface area contributed by atoms with E-state index in [1.165, 1.54) is 34.4 Å². The molecule has 2 aromatic rings. The third kappa shape index (κ3) is 5.30. The Balaban J connectivity index is 2.64. The molecule has 0 aliphatic rings. The van der Waals surface area contributed by atoms with Gasteiger partial charge in [0.2, 0.25) is 10.0 Å². The van der Waals surface area contributed by atoms with Gasteiger partial charge in [0.05, 0.1) is 24.8 Å². The Morgan fingerprint density at radius 3 is 2.25 bits per heavy atom. The van der Waals surface area contributed by atoms with E-state index in [-0.39, 0.29) is 27.6 Å². The van der Waals surface area contributed by atoms with Gasteiger partial charge in [-0.2, -0.15) is 0 Å². The number of hydrogen-bond acceptors (Lipinski definition) is 8. The lowest BCUT2D eigenvalue weighted by Gasteiger charge is -2.17. The predicted molar refractivity (Wildman–Crippen MR) is 116 cm³/mol. The molecule has 0 aromatic heterocycles. The molecule has 0 unspecified atom stereocenters. The molecule has 174 valence electrons. The molecule has 0 saturated carbocycles. The second-order valence-corrected chi connectivity index (χ2v) is 10.3. The monoisotopic (exact) mass is 486 g/mol. The fraction of sp³-hybridized carbons (Fsp3) is 0.211. The van der Waals surface area contributed by atoms with Gasteiger partial charge in [-0.15, -0.1) is 0 Å². The minimum absolute atomic E-state index is 0.00794. The number of ether oxygens (including phenoxy) is 2. The Bertz CT molecular complexity index is 1270. The van der Waals surface area contributed by atoms with Crippen LogP contribution in [0.3, 0.4) is 0 Å². The highest BCUT2D eigenvalue weighted by molar-refractivity contribution is 7.93. The Labute approximate surface area is 185 Å². The van der Waals surface area contributed by atoms with Crippen molar-refractivity contribution in [2.75, 3.05) is 33.0 Å². The van der Waals surface area contributed by atoms with Gasteiger partial charge < -0.3 is 19.7 Å². The highest BCUT2D eigenvalue weighted by Crippen LogP contribution is 2.38. The minimum Gasteiger partial charge on any atom is -0.506 e. The predicted octanol–water partition coefficient (Wildman–Crippen LogP) is 1.56. The summed E-state index contributed by atoms with van der Waals surface area (Å²) in [5, 5.41) is 18.9. The summed E-state index contributed by atoms with van der Waals surface area (Å²) in [6.45, 7) is 0. The number of phenols is 1. The topological polar surface area (TPSA) is 160 Å². The zero-order valence-corrected chi connectivity index (χ0v) is 19.2. The summed E-state index contributed by atoms with van der Waals surface area (Å²) in [6.07, 6.45) is 1.97. The first-order valence-corrected chi connectivity index (χ1v) is 11.7. The number of anilines is 1. The van der Waals surface area contributed by atoms with Crippen molar-refractivity contribution in [3.05, 3.63) is 42.0 Å². The third-order valence-electron chi connectivity index (χ3n) is 4.17. The molecule has 2 rings (SSSR count). The van der Waals surface area contributed by atoms with Crippen LogP contribution in [0.4, 0.5) is 5.69 Å². The molecule has 2 aromatic carbocycles. The van der Waals surface area contributed by atoms with Gasteiger partial charge in [0.15, 0.2) is 11.5 Å². The van der Waals surface area contributed by atoms with Crippen molar-refractivity contribution in [1.29, 1.82) is 0 Å². The fourth-order valence-corrected chi connectivity index (χ4v) is 4.79. The lowest BCUT2D eigenvalue weighted by Crippen LogP contribution is -2.22. The molecule has 0 bridgehead atoms. The smallest absolute Gasteiger partial charge is 0.328 e. The molecular weight excluding hydrogens is 464 g/mol. The Morgan fingerprint density at radius 1 is 1.06 bits per heavy atom. The third-order valence-corrected chi connectivity index (χ3v) is 7.35. The number of carbonyl (C=O) groups is 1. The first-order valence-electron chi connectivity index (χ1n) is 8.79. The lowest BCUT2D eigenvalue weighted by atomic mass is 10.2. The number of nitrogens with one attached hydrogen (secondary N) is 1. The normalized spacial score (nSPS) is 12.2. The maximum Gasteiger partial charge on any atom is 0.328 e. The SMILES string of the molecule is COc1cc(/C=C/C(=O)O)cc(S(=O)(=O)Nc2cc(S(=O)(=O)N(C)C)ccc2O)c1OC. The molecular formula is C19H22N2O9S2. The molecule has 0 atom stereocenters. The van der Waals surface area contributed by atoms with E-state index < -0.39 is 36.7 Å². The van der Waals surface area contributed by atoms with E-state index >= 15 is 0 Å². The van der Waals surface area contributed by atoms with E-state index in [1.807, 2.05) is 0 Å². The van der Waals surface area contributed by atoms with Gasteiger partial charge in [0.1, 0.15) is 10.6 Å². The van der Waals surface area contributed by atoms with E-state index in [0.717, 1.165) is 40.7 Å². The van der Waals surface area contributed by atoms with Crippen molar-refractivity contribution in [3.8, 4) is 17.2 Å². The van der Waals surface area contributed by atoms with Crippen LogP contribution in [0, 0.1) is 0 Å². The molecule has 0 saturated heterocycles. The summed E-state index contributed by atoms with van der Waals surface area (Å²) in [5.41, 5.74) is -0.209. The molecule has 0 amide bonds. The van der Waals surface area contributed by atoms with Gasteiger partial charge in [-0.3, -0.25) is 4.72 Å². The van der Waals surface area contributed by atoms with E-state index in [0.29, 0.717) is 0 Å². The quantitative estimate of drug-likeness (QED) is 0.353. The van der Waals surface area contributed by atoms with Crippen LogP contribution in [0.15, 0.2) is 46.2 Å². The maximum absolute atomic E-state index is 13.1. The molecule has 32 heavy (non-hydrogen) atoms. The molecule has 0 aliphatic carbocycles. The van der Waals surface area contributed by atoms with Crippen LogP contribution in [0.5, 0.6) is 17.2 Å². The summed E-state index contributed by atoms with van der Waals surface area (Å²) in [6, 6.07) is 5.65. The van der Waals surface area contributed by atoms with Gasteiger partial charge in [0, 0.05) is 20.2 Å². The molecule has 0 radical (unpaired) electrons. The Hall–Kier alpha value is -3.29. The van der Waals surface area contributed by atoms with Crippen LogP contribution in [0.2, 0.25) is 0 Å². The highest BCUT2D eigenvalue weighted by atomic mass is 32.2. The van der Waals surface area contributed by atoms with E-state index in [1.54, 1.807) is 0 Å². The first kappa shape index (κ1) is 25.0. The summed E-state index contributed by atoms with van der Waals surface area (Å²) in [4.78, 5) is 10.1. The van der Waals surface area contributed by atoms with Crippen LogP contribution in [-0.4, -0.2) is 65.6 Å². The van der Waals surface area contributed by atoms with E-state index in [9.17, 15) is 26.7 Å². The van der Waals surface area contributed by atoms with Crippen molar-refractivity contribution in [2.45, 2.75) is 9.79 Å². The maximum atomic E-state index is 13.1. The van der Waals surface area contributed by atoms with Crippen molar-refractivity contribution in [1.82, 2.24) is 4.31 Å². The number of hydrogen-bond donors (Lipinski definition) is 3.